The molecule has 1 saturated heterocycles. The van der Waals surface area contributed by atoms with Crippen LogP contribution in [0, 0.1) is 11.3 Å². The highest BCUT2D eigenvalue weighted by Crippen LogP contribution is 2.53. The minimum atomic E-state index is -0.135. The zero-order chi connectivity index (χ0) is 11.9. The fourth-order valence-corrected chi connectivity index (χ4v) is 4.08. The van der Waals surface area contributed by atoms with Crippen LogP contribution in [0.5, 0.6) is 0 Å². The summed E-state index contributed by atoms with van der Waals surface area (Å²) in [6.45, 7) is 1.94. The average Bonchev–Trinajstić information content (AvgIpc) is 2.95. The fraction of sp³-hybridized carbons (Fsp3) is 0.929. The maximum absolute atomic E-state index is 12.8. The molecule has 1 N–H and O–H groups in total. The Kier molecular flexibility index (Phi) is 2.89. The average molecular weight is 237 g/mol. The van der Waals surface area contributed by atoms with Crippen LogP contribution >= 0.6 is 0 Å². The highest BCUT2D eigenvalue weighted by molar-refractivity contribution is 5.83. The summed E-state index contributed by atoms with van der Waals surface area (Å²) in [5, 5.41) is 9.52. The second-order valence-electron chi connectivity index (χ2n) is 6.18. The van der Waals surface area contributed by atoms with Crippen LogP contribution in [0.25, 0.3) is 0 Å². The lowest BCUT2D eigenvalue weighted by molar-refractivity contribution is -0.150. The Labute approximate surface area is 103 Å². The number of hydrogen-bond donors (Lipinski definition) is 1. The monoisotopic (exact) mass is 237 g/mol. The number of nitrogens with zero attached hydrogens (tertiary/aromatic N) is 1. The summed E-state index contributed by atoms with van der Waals surface area (Å²) in [5.74, 6) is 0.887. The molecule has 3 nitrogen and oxygen atoms in total. The van der Waals surface area contributed by atoms with Gasteiger partial charge < -0.3 is 10.0 Å². The normalized spacial score (nSPS) is 35.9. The molecule has 96 valence electrons. The number of likely N-dealkylation sites (tertiary alicyclic amines) is 1. The summed E-state index contributed by atoms with van der Waals surface area (Å²) in [7, 11) is 0. The third kappa shape index (κ3) is 1.79. The zero-order valence-corrected chi connectivity index (χ0v) is 10.5. The minimum Gasteiger partial charge on any atom is -0.393 e. The van der Waals surface area contributed by atoms with Crippen molar-refractivity contribution in [3.63, 3.8) is 0 Å². The van der Waals surface area contributed by atoms with Crippen molar-refractivity contribution in [2.24, 2.45) is 11.3 Å². The number of rotatable bonds is 2. The molecular formula is C14H23NO2. The van der Waals surface area contributed by atoms with E-state index >= 15 is 0 Å². The third-order valence-corrected chi connectivity index (χ3v) is 5.21. The summed E-state index contributed by atoms with van der Waals surface area (Å²) in [5.41, 5.74) is -0.0798. The van der Waals surface area contributed by atoms with Crippen LogP contribution in [0.1, 0.15) is 51.4 Å². The summed E-state index contributed by atoms with van der Waals surface area (Å²) in [4.78, 5) is 14.8. The van der Waals surface area contributed by atoms with Crippen LogP contribution in [-0.4, -0.2) is 35.1 Å². The number of carbonyl (C=O) groups excluding carboxylic acids is 1. The first-order valence-corrected chi connectivity index (χ1v) is 7.20. The quantitative estimate of drug-likeness (QED) is 0.797. The maximum Gasteiger partial charge on any atom is 0.229 e. The van der Waals surface area contributed by atoms with Crippen LogP contribution < -0.4 is 0 Å². The van der Waals surface area contributed by atoms with Crippen LogP contribution in [0.4, 0.5) is 0 Å². The van der Waals surface area contributed by atoms with E-state index in [-0.39, 0.29) is 11.5 Å². The largest absolute Gasteiger partial charge is 0.393 e. The lowest BCUT2D eigenvalue weighted by Gasteiger charge is -2.46. The fourth-order valence-electron chi connectivity index (χ4n) is 4.08. The van der Waals surface area contributed by atoms with Crippen LogP contribution in [0.15, 0.2) is 0 Å². The van der Waals surface area contributed by atoms with Gasteiger partial charge >= 0.3 is 0 Å². The van der Waals surface area contributed by atoms with E-state index < -0.39 is 0 Å². The van der Waals surface area contributed by atoms with Crippen molar-refractivity contribution in [2.75, 3.05) is 13.1 Å². The Morgan fingerprint density at radius 3 is 2.18 bits per heavy atom. The third-order valence-electron chi connectivity index (χ3n) is 5.21. The second-order valence-corrected chi connectivity index (χ2v) is 6.18. The van der Waals surface area contributed by atoms with E-state index in [1.165, 1.54) is 25.7 Å². The Bertz CT molecular complexity index is 297. The lowest BCUT2D eigenvalue weighted by Crippen LogP contribution is -2.50. The smallest absolute Gasteiger partial charge is 0.229 e. The van der Waals surface area contributed by atoms with Crippen LogP contribution in [0.2, 0.25) is 0 Å². The van der Waals surface area contributed by atoms with Gasteiger partial charge in [0, 0.05) is 13.1 Å². The zero-order valence-electron chi connectivity index (χ0n) is 10.5. The van der Waals surface area contributed by atoms with E-state index in [0.29, 0.717) is 11.8 Å². The molecule has 0 aromatic carbocycles. The van der Waals surface area contributed by atoms with E-state index in [9.17, 15) is 9.90 Å². The molecule has 1 amide bonds. The van der Waals surface area contributed by atoms with Gasteiger partial charge in [-0.3, -0.25) is 4.79 Å². The molecule has 3 aliphatic rings. The molecule has 0 aromatic heterocycles. The minimum absolute atomic E-state index is 0.0798. The molecule has 0 aromatic rings. The summed E-state index contributed by atoms with van der Waals surface area (Å²) >= 11 is 0. The molecule has 0 bridgehead atoms. The first-order valence-electron chi connectivity index (χ1n) is 7.20. The van der Waals surface area contributed by atoms with Gasteiger partial charge in [-0.05, 0) is 44.4 Å². The van der Waals surface area contributed by atoms with Gasteiger partial charge in [-0.2, -0.15) is 0 Å². The number of hydrogen-bond acceptors (Lipinski definition) is 2. The molecule has 0 atom stereocenters. The highest BCUT2D eigenvalue weighted by Gasteiger charge is 2.53. The molecule has 3 rings (SSSR count). The van der Waals surface area contributed by atoms with Crippen molar-refractivity contribution in [1.82, 2.24) is 4.90 Å². The first kappa shape index (κ1) is 11.5. The van der Waals surface area contributed by atoms with Gasteiger partial charge in [0.15, 0.2) is 0 Å². The topological polar surface area (TPSA) is 40.5 Å². The predicted molar refractivity (Wildman–Crippen MR) is 65.4 cm³/mol. The van der Waals surface area contributed by atoms with Gasteiger partial charge in [-0.1, -0.05) is 12.8 Å². The van der Waals surface area contributed by atoms with Crippen molar-refractivity contribution in [1.29, 1.82) is 0 Å². The number of aliphatic hydroxyl groups excluding tert-OH is 1. The maximum atomic E-state index is 12.8. The van der Waals surface area contributed by atoms with E-state index in [0.717, 1.165) is 38.8 Å². The van der Waals surface area contributed by atoms with Crippen LogP contribution in [-0.2, 0) is 4.79 Å². The lowest BCUT2D eigenvalue weighted by atomic mass is 9.62. The Morgan fingerprint density at radius 2 is 1.65 bits per heavy atom. The summed E-state index contributed by atoms with van der Waals surface area (Å²) in [6, 6.07) is 0. The van der Waals surface area contributed by atoms with Gasteiger partial charge in [0.05, 0.1) is 11.5 Å². The van der Waals surface area contributed by atoms with Gasteiger partial charge in [-0.25, -0.2) is 0 Å². The van der Waals surface area contributed by atoms with E-state index in [1.54, 1.807) is 0 Å². The predicted octanol–water partition coefficient (Wildman–Crippen LogP) is 1.94. The Balaban J connectivity index is 1.76. The first-order chi connectivity index (χ1) is 8.22. The highest BCUT2D eigenvalue weighted by atomic mass is 16.3. The molecule has 0 radical (unpaired) electrons. The Morgan fingerprint density at radius 1 is 1.06 bits per heavy atom. The second kappa shape index (κ2) is 4.27. The number of amides is 1. The molecule has 0 unspecified atom stereocenters. The molecule has 2 aliphatic carbocycles. The van der Waals surface area contributed by atoms with Crippen molar-refractivity contribution in [2.45, 2.75) is 57.5 Å². The van der Waals surface area contributed by atoms with Crippen molar-refractivity contribution in [3.05, 3.63) is 0 Å². The van der Waals surface area contributed by atoms with Gasteiger partial charge in [0.1, 0.15) is 0 Å². The molecule has 3 heteroatoms. The molecular weight excluding hydrogens is 214 g/mol. The van der Waals surface area contributed by atoms with E-state index in [4.69, 9.17) is 0 Å². The SMILES string of the molecule is O=C(N1CCCC1)C1([C@H]2C[C@@H](O)C2)CCCC1. The molecule has 3 fully saturated rings. The number of carbonyl (C=O) groups is 1. The molecule has 2 saturated carbocycles. The number of aliphatic hydroxyl groups is 1. The molecule has 0 spiro atoms. The van der Waals surface area contributed by atoms with E-state index in [2.05, 4.69) is 4.90 Å². The summed E-state index contributed by atoms with van der Waals surface area (Å²) < 4.78 is 0. The van der Waals surface area contributed by atoms with E-state index in [1.807, 2.05) is 0 Å². The van der Waals surface area contributed by atoms with Gasteiger partial charge in [-0.15, -0.1) is 0 Å². The summed E-state index contributed by atoms with van der Waals surface area (Å²) in [6.07, 6.45) is 8.48. The standard InChI is InChI=1S/C14H23NO2/c16-12-9-11(10-12)14(5-1-2-6-14)13(17)15-7-3-4-8-15/h11-12,16H,1-10H2/t11-,12+. The van der Waals surface area contributed by atoms with Crippen molar-refractivity contribution in [3.8, 4) is 0 Å². The van der Waals surface area contributed by atoms with Crippen molar-refractivity contribution >= 4 is 5.91 Å². The van der Waals surface area contributed by atoms with Gasteiger partial charge in [0.2, 0.25) is 5.91 Å². The van der Waals surface area contributed by atoms with Gasteiger partial charge in [0.25, 0.3) is 0 Å². The molecule has 1 aliphatic heterocycles. The molecule has 17 heavy (non-hydrogen) atoms. The van der Waals surface area contributed by atoms with Crippen molar-refractivity contribution < 1.29 is 9.90 Å². The Hall–Kier alpha value is -0.570. The van der Waals surface area contributed by atoms with Crippen LogP contribution in [0.3, 0.4) is 0 Å². The molecule has 1 heterocycles.